The molecule has 3 heteroatoms. The molecule has 1 aromatic rings. The van der Waals surface area contributed by atoms with Crippen LogP contribution in [0.1, 0.15) is 39.3 Å². The number of rotatable bonds is 6. The SMILES string of the molecule is CCCn1ccc(CO[C@H](C)CC)n1. The minimum Gasteiger partial charge on any atom is -0.372 e. The lowest BCUT2D eigenvalue weighted by Crippen LogP contribution is -2.07. The summed E-state index contributed by atoms with van der Waals surface area (Å²) in [7, 11) is 0. The number of hydrogen-bond donors (Lipinski definition) is 0. The Balaban J connectivity index is 2.35. The quantitative estimate of drug-likeness (QED) is 0.699. The minimum absolute atomic E-state index is 0.325. The molecule has 0 aliphatic carbocycles. The van der Waals surface area contributed by atoms with Gasteiger partial charge in [0, 0.05) is 12.7 Å². The van der Waals surface area contributed by atoms with E-state index in [0.717, 1.165) is 25.1 Å². The highest BCUT2D eigenvalue weighted by Crippen LogP contribution is 2.03. The average Bonchev–Trinajstić information content (AvgIpc) is 2.63. The van der Waals surface area contributed by atoms with E-state index in [1.54, 1.807) is 0 Å². The Hall–Kier alpha value is -0.830. The highest BCUT2D eigenvalue weighted by molar-refractivity contribution is 4.96. The summed E-state index contributed by atoms with van der Waals surface area (Å²) in [5.74, 6) is 0. The maximum Gasteiger partial charge on any atom is 0.0910 e. The van der Waals surface area contributed by atoms with Crippen molar-refractivity contribution in [2.45, 2.75) is 52.9 Å². The molecule has 0 fully saturated rings. The smallest absolute Gasteiger partial charge is 0.0910 e. The number of aryl methyl sites for hydroxylation is 1. The Morgan fingerprint density at radius 2 is 2.29 bits per heavy atom. The summed E-state index contributed by atoms with van der Waals surface area (Å²) < 4.78 is 7.56. The predicted molar refractivity (Wildman–Crippen MR) is 57.1 cm³/mol. The van der Waals surface area contributed by atoms with E-state index in [-0.39, 0.29) is 0 Å². The summed E-state index contributed by atoms with van der Waals surface area (Å²) in [5.41, 5.74) is 1.03. The minimum atomic E-state index is 0.325. The van der Waals surface area contributed by atoms with Crippen LogP contribution in [0.3, 0.4) is 0 Å². The van der Waals surface area contributed by atoms with Crippen LogP contribution in [0, 0.1) is 0 Å². The van der Waals surface area contributed by atoms with E-state index in [9.17, 15) is 0 Å². The highest BCUT2D eigenvalue weighted by atomic mass is 16.5. The largest absolute Gasteiger partial charge is 0.372 e. The lowest BCUT2D eigenvalue weighted by atomic mass is 10.3. The Kier molecular flexibility index (Phi) is 4.66. The lowest BCUT2D eigenvalue weighted by molar-refractivity contribution is 0.0486. The van der Waals surface area contributed by atoms with Crippen LogP contribution in [-0.2, 0) is 17.9 Å². The van der Waals surface area contributed by atoms with Crippen molar-refractivity contribution in [1.29, 1.82) is 0 Å². The van der Waals surface area contributed by atoms with Crippen LogP contribution >= 0.6 is 0 Å². The van der Waals surface area contributed by atoms with Crippen LogP contribution in [0.4, 0.5) is 0 Å². The van der Waals surface area contributed by atoms with Gasteiger partial charge >= 0.3 is 0 Å². The van der Waals surface area contributed by atoms with Gasteiger partial charge in [-0.3, -0.25) is 4.68 Å². The zero-order chi connectivity index (χ0) is 10.4. The van der Waals surface area contributed by atoms with E-state index >= 15 is 0 Å². The molecule has 0 spiro atoms. The normalized spacial score (nSPS) is 13.1. The third-order valence-corrected chi connectivity index (χ3v) is 2.24. The van der Waals surface area contributed by atoms with Crippen molar-refractivity contribution in [3.63, 3.8) is 0 Å². The summed E-state index contributed by atoms with van der Waals surface area (Å²) in [5, 5.41) is 4.40. The van der Waals surface area contributed by atoms with Gasteiger partial charge in [0.1, 0.15) is 0 Å². The molecule has 1 aromatic heterocycles. The topological polar surface area (TPSA) is 27.1 Å². The van der Waals surface area contributed by atoms with Gasteiger partial charge in [0.05, 0.1) is 18.4 Å². The Morgan fingerprint density at radius 3 is 2.93 bits per heavy atom. The maximum absolute atomic E-state index is 5.59. The van der Waals surface area contributed by atoms with Crippen molar-refractivity contribution in [3.05, 3.63) is 18.0 Å². The molecule has 0 aliphatic heterocycles. The average molecular weight is 196 g/mol. The van der Waals surface area contributed by atoms with E-state index in [1.807, 2.05) is 16.9 Å². The molecular formula is C11H20N2O. The Morgan fingerprint density at radius 1 is 1.50 bits per heavy atom. The number of ether oxygens (including phenoxy) is 1. The van der Waals surface area contributed by atoms with Crippen LogP contribution in [0.2, 0.25) is 0 Å². The standard InChI is InChI=1S/C11H20N2O/c1-4-7-13-8-6-11(12-13)9-14-10(3)5-2/h6,8,10H,4-5,7,9H2,1-3H3/t10-/m1/s1. The van der Waals surface area contributed by atoms with E-state index < -0.39 is 0 Å². The molecule has 3 nitrogen and oxygen atoms in total. The van der Waals surface area contributed by atoms with Gasteiger partial charge in [-0.1, -0.05) is 13.8 Å². The zero-order valence-electron chi connectivity index (χ0n) is 9.36. The van der Waals surface area contributed by atoms with Gasteiger partial charge in [-0.15, -0.1) is 0 Å². The Bertz CT molecular complexity index is 258. The number of aromatic nitrogens is 2. The fourth-order valence-corrected chi connectivity index (χ4v) is 1.18. The Labute approximate surface area is 86.1 Å². The molecule has 1 rings (SSSR count). The van der Waals surface area contributed by atoms with Gasteiger partial charge in [0.2, 0.25) is 0 Å². The lowest BCUT2D eigenvalue weighted by Gasteiger charge is -2.08. The van der Waals surface area contributed by atoms with E-state index in [2.05, 4.69) is 25.9 Å². The number of nitrogens with zero attached hydrogens (tertiary/aromatic N) is 2. The van der Waals surface area contributed by atoms with Crippen molar-refractivity contribution in [2.24, 2.45) is 0 Å². The van der Waals surface area contributed by atoms with E-state index in [0.29, 0.717) is 12.7 Å². The van der Waals surface area contributed by atoms with E-state index in [1.165, 1.54) is 0 Å². The van der Waals surface area contributed by atoms with Crippen molar-refractivity contribution >= 4 is 0 Å². The molecule has 14 heavy (non-hydrogen) atoms. The third-order valence-electron chi connectivity index (χ3n) is 2.24. The van der Waals surface area contributed by atoms with Crippen LogP contribution in [-0.4, -0.2) is 15.9 Å². The third kappa shape index (κ3) is 3.50. The van der Waals surface area contributed by atoms with Crippen molar-refractivity contribution in [3.8, 4) is 0 Å². The monoisotopic (exact) mass is 196 g/mol. The molecule has 0 amide bonds. The van der Waals surface area contributed by atoms with Crippen molar-refractivity contribution < 1.29 is 4.74 Å². The van der Waals surface area contributed by atoms with Crippen LogP contribution in [0.25, 0.3) is 0 Å². The highest BCUT2D eigenvalue weighted by Gasteiger charge is 2.02. The zero-order valence-corrected chi connectivity index (χ0v) is 9.36. The van der Waals surface area contributed by atoms with Crippen LogP contribution in [0.15, 0.2) is 12.3 Å². The molecule has 0 saturated heterocycles. The van der Waals surface area contributed by atoms with Crippen molar-refractivity contribution in [1.82, 2.24) is 9.78 Å². The first-order chi connectivity index (χ1) is 6.76. The first-order valence-electron chi connectivity index (χ1n) is 5.40. The second-order valence-electron chi connectivity index (χ2n) is 3.60. The molecule has 0 aliphatic rings. The molecule has 0 bridgehead atoms. The first kappa shape index (κ1) is 11.2. The molecule has 1 atom stereocenters. The van der Waals surface area contributed by atoms with Gasteiger partial charge in [-0.2, -0.15) is 5.10 Å². The molecule has 0 N–H and O–H groups in total. The van der Waals surface area contributed by atoms with Crippen LogP contribution in [0.5, 0.6) is 0 Å². The fourth-order valence-electron chi connectivity index (χ4n) is 1.18. The van der Waals surface area contributed by atoms with Gasteiger partial charge in [0.15, 0.2) is 0 Å². The first-order valence-corrected chi connectivity index (χ1v) is 5.40. The molecule has 0 unspecified atom stereocenters. The fraction of sp³-hybridized carbons (Fsp3) is 0.727. The number of hydrogen-bond acceptors (Lipinski definition) is 2. The summed E-state index contributed by atoms with van der Waals surface area (Å²) in [6.07, 6.45) is 4.51. The molecule has 0 saturated carbocycles. The van der Waals surface area contributed by atoms with Gasteiger partial charge in [-0.25, -0.2) is 0 Å². The van der Waals surface area contributed by atoms with Crippen molar-refractivity contribution in [2.75, 3.05) is 0 Å². The second kappa shape index (κ2) is 5.81. The summed E-state index contributed by atoms with van der Waals surface area (Å²) in [6, 6.07) is 2.03. The van der Waals surface area contributed by atoms with Gasteiger partial charge < -0.3 is 4.74 Å². The second-order valence-corrected chi connectivity index (χ2v) is 3.60. The molecule has 80 valence electrons. The summed E-state index contributed by atoms with van der Waals surface area (Å²) in [6.45, 7) is 7.98. The van der Waals surface area contributed by atoms with Crippen LogP contribution < -0.4 is 0 Å². The molecule has 0 aromatic carbocycles. The summed E-state index contributed by atoms with van der Waals surface area (Å²) in [4.78, 5) is 0. The molecule has 0 radical (unpaired) electrons. The molecule has 1 heterocycles. The van der Waals surface area contributed by atoms with Gasteiger partial charge in [-0.05, 0) is 25.8 Å². The van der Waals surface area contributed by atoms with E-state index in [4.69, 9.17) is 4.74 Å². The van der Waals surface area contributed by atoms with Gasteiger partial charge in [0.25, 0.3) is 0 Å². The maximum atomic E-state index is 5.59. The summed E-state index contributed by atoms with van der Waals surface area (Å²) >= 11 is 0. The molecular weight excluding hydrogens is 176 g/mol. The predicted octanol–water partition coefficient (Wildman–Crippen LogP) is 2.61.